The summed E-state index contributed by atoms with van der Waals surface area (Å²) in [5, 5.41) is 10.9. The minimum Gasteiger partial charge on any atom is -0.497 e. The van der Waals surface area contributed by atoms with Crippen LogP contribution in [0.25, 0.3) is 0 Å². The lowest BCUT2D eigenvalue weighted by Crippen LogP contribution is -2.30. The average molecular weight is 309 g/mol. The molecule has 2 aromatic rings. The van der Waals surface area contributed by atoms with Crippen LogP contribution in [-0.2, 0) is 12.8 Å². The molecule has 112 valence electrons. The van der Waals surface area contributed by atoms with Crippen LogP contribution in [0.3, 0.4) is 0 Å². The van der Waals surface area contributed by atoms with E-state index in [1.165, 1.54) is 6.07 Å². The molecule has 4 heteroatoms. The molecule has 2 rings (SSSR count). The zero-order valence-corrected chi connectivity index (χ0v) is 12.8. The largest absolute Gasteiger partial charge is 0.497 e. The molecule has 0 aliphatic rings. The van der Waals surface area contributed by atoms with Gasteiger partial charge in [-0.1, -0.05) is 29.8 Å². The van der Waals surface area contributed by atoms with Gasteiger partial charge in [-0.2, -0.15) is 0 Å². The van der Waals surface area contributed by atoms with Crippen molar-refractivity contribution in [1.82, 2.24) is 0 Å². The second-order valence-corrected chi connectivity index (χ2v) is 5.87. The van der Waals surface area contributed by atoms with Crippen molar-refractivity contribution in [3.8, 4) is 5.75 Å². The first-order chi connectivity index (χ1) is 9.89. The molecule has 2 nitrogen and oxygen atoms in total. The molecule has 0 fully saturated rings. The molecule has 1 unspecified atom stereocenters. The Morgan fingerprint density at radius 1 is 1.14 bits per heavy atom. The number of rotatable bonds is 5. The van der Waals surface area contributed by atoms with E-state index in [0.717, 1.165) is 11.3 Å². The van der Waals surface area contributed by atoms with Crippen molar-refractivity contribution in [1.29, 1.82) is 0 Å². The van der Waals surface area contributed by atoms with Gasteiger partial charge < -0.3 is 9.84 Å². The van der Waals surface area contributed by atoms with Crippen LogP contribution in [0.15, 0.2) is 42.5 Å². The number of ether oxygens (including phenoxy) is 1. The molecule has 0 heterocycles. The summed E-state index contributed by atoms with van der Waals surface area (Å²) in [5.41, 5.74) is 0.386. The van der Waals surface area contributed by atoms with Gasteiger partial charge in [0.25, 0.3) is 0 Å². The van der Waals surface area contributed by atoms with Crippen LogP contribution in [0.4, 0.5) is 4.39 Å². The Morgan fingerprint density at radius 2 is 1.81 bits per heavy atom. The van der Waals surface area contributed by atoms with Crippen LogP contribution in [0.2, 0.25) is 5.02 Å². The Hall–Kier alpha value is -1.58. The maximum atomic E-state index is 13.8. The molecule has 0 aliphatic heterocycles. The fourth-order valence-corrected chi connectivity index (χ4v) is 2.48. The normalized spacial score (nSPS) is 13.8. The molecule has 0 radical (unpaired) electrons. The fraction of sp³-hybridized carbons (Fsp3) is 0.294. The second-order valence-electron chi connectivity index (χ2n) is 5.43. The van der Waals surface area contributed by atoms with Gasteiger partial charge in [-0.05, 0) is 42.3 Å². The van der Waals surface area contributed by atoms with Gasteiger partial charge in [0, 0.05) is 17.9 Å². The highest BCUT2D eigenvalue weighted by molar-refractivity contribution is 6.30. The quantitative estimate of drug-likeness (QED) is 0.904. The second kappa shape index (κ2) is 6.46. The summed E-state index contributed by atoms with van der Waals surface area (Å²) in [4.78, 5) is 0. The highest BCUT2D eigenvalue weighted by atomic mass is 35.5. The molecule has 1 N–H and O–H groups in total. The maximum Gasteiger partial charge on any atom is 0.127 e. The summed E-state index contributed by atoms with van der Waals surface area (Å²) >= 11 is 5.73. The van der Waals surface area contributed by atoms with E-state index in [1.54, 1.807) is 26.2 Å². The molecule has 0 saturated carbocycles. The summed E-state index contributed by atoms with van der Waals surface area (Å²) in [7, 11) is 1.61. The lowest BCUT2D eigenvalue weighted by Gasteiger charge is -2.24. The number of aliphatic hydroxyl groups is 1. The minimum absolute atomic E-state index is 0.224. The Kier molecular flexibility index (Phi) is 4.86. The average Bonchev–Trinajstić information content (AvgIpc) is 2.42. The summed E-state index contributed by atoms with van der Waals surface area (Å²) < 4.78 is 18.9. The monoisotopic (exact) mass is 308 g/mol. The van der Waals surface area contributed by atoms with Crippen LogP contribution in [0.1, 0.15) is 18.1 Å². The van der Waals surface area contributed by atoms with Crippen molar-refractivity contribution in [3.63, 3.8) is 0 Å². The van der Waals surface area contributed by atoms with Crippen LogP contribution < -0.4 is 4.74 Å². The molecule has 1 atom stereocenters. The number of hydrogen-bond donors (Lipinski definition) is 1. The Bertz CT molecular complexity index is 609. The van der Waals surface area contributed by atoms with E-state index in [9.17, 15) is 9.50 Å². The van der Waals surface area contributed by atoms with Crippen LogP contribution in [0, 0.1) is 5.82 Å². The summed E-state index contributed by atoms with van der Waals surface area (Å²) in [6.07, 6.45) is 0.654. The highest BCUT2D eigenvalue weighted by Crippen LogP contribution is 2.23. The third-order valence-corrected chi connectivity index (χ3v) is 3.57. The fourth-order valence-electron chi connectivity index (χ4n) is 2.32. The van der Waals surface area contributed by atoms with Gasteiger partial charge in [0.2, 0.25) is 0 Å². The number of halogens is 2. The minimum atomic E-state index is -1.04. The molecule has 0 spiro atoms. The van der Waals surface area contributed by atoms with Crippen molar-refractivity contribution >= 4 is 11.6 Å². The molecule has 21 heavy (non-hydrogen) atoms. The first-order valence-electron chi connectivity index (χ1n) is 6.69. The predicted octanol–water partition coefficient (Wildman–Crippen LogP) is 4.02. The third-order valence-electron chi connectivity index (χ3n) is 3.33. The topological polar surface area (TPSA) is 29.5 Å². The van der Waals surface area contributed by atoms with Crippen LogP contribution in [-0.4, -0.2) is 17.8 Å². The molecule has 0 aromatic heterocycles. The standard InChI is InChI=1S/C17H18ClFO2/c1-17(20,10-12-3-7-15(21-2)8-4-12)11-13-5-6-14(18)9-16(13)19/h3-9,20H,10-11H2,1-2H3. The van der Waals surface area contributed by atoms with Crippen LogP contribution >= 0.6 is 11.6 Å². The van der Waals surface area contributed by atoms with E-state index >= 15 is 0 Å². The van der Waals surface area contributed by atoms with Gasteiger partial charge in [0.05, 0.1) is 12.7 Å². The summed E-state index contributed by atoms with van der Waals surface area (Å²) in [5.74, 6) is 0.375. The van der Waals surface area contributed by atoms with Crippen molar-refractivity contribution in [3.05, 3.63) is 64.4 Å². The summed E-state index contributed by atoms with van der Waals surface area (Å²) in [6.45, 7) is 1.70. The number of methoxy groups -OCH3 is 1. The number of hydrogen-bond acceptors (Lipinski definition) is 2. The SMILES string of the molecule is COc1ccc(CC(C)(O)Cc2ccc(Cl)cc2F)cc1. The van der Waals surface area contributed by atoms with Gasteiger partial charge in [0.15, 0.2) is 0 Å². The van der Waals surface area contributed by atoms with E-state index < -0.39 is 11.4 Å². The first-order valence-corrected chi connectivity index (χ1v) is 7.07. The third kappa shape index (κ3) is 4.45. The van der Waals surface area contributed by atoms with E-state index in [-0.39, 0.29) is 6.42 Å². The lowest BCUT2D eigenvalue weighted by molar-refractivity contribution is 0.0599. The van der Waals surface area contributed by atoms with Crippen molar-refractivity contribution in [2.24, 2.45) is 0 Å². The van der Waals surface area contributed by atoms with Crippen molar-refractivity contribution < 1.29 is 14.2 Å². The lowest BCUT2D eigenvalue weighted by atomic mass is 9.89. The van der Waals surface area contributed by atoms with E-state index in [1.807, 2.05) is 24.3 Å². The van der Waals surface area contributed by atoms with Gasteiger partial charge in [-0.15, -0.1) is 0 Å². The zero-order valence-electron chi connectivity index (χ0n) is 12.1. The first kappa shape index (κ1) is 15.8. The van der Waals surface area contributed by atoms with Crippen molar-refractivity contribution in [2.45, 2.75) is 25.4 Å². The van der Waals surface area contributed by atoms with Gasteiger partial charge in [0.1, 0.15) is 11.6 Å². The smallest absolute Gasteiger partial charge is 0.127 e. The van der Waals surface area contributed by atoms with Gasteiger partial charge in [-0.25, -0.2) is 4.39 Å². The Balaban J connectivity index is 2.10. The molecular weight excluding hydrogens is 291 g/mol. The Labute approximate surface area is 129 Å². The molecule has 0 aliphatic carbocycles. The van der Waals surface area contributed by atoms with Gasteiger partial charge in [-0.3, -0.25) is 0 Å². The van der Waals surface area contributed by atoms with Gasteiger partial charge >= 0.3 is 0 Å². The molecule has 0 saturated heterocycles. The van der Waals surface area contributed by atoms with Crippen molar-refractivity contribution in [2.75, 3.05) is 7.11 Å². The molecule has 0 bridgehead atoms. The maximum absolute atomic E-state index is 13.8. The molecule has 0 amide bonds. The molecule has 2 aromatic carbocycles. The highest BCUT2D eigenvalue weighted by Gasteiger charge is 2.23. The predicted molar refractivity (Wildman–Crippen MR) is 82.4 cm³/mol. The van der Waals surface area contributed by atoms with Crippen LogP contribution in [0.5, 0.6) is 5.75 Å². The molecular formula is C17H18ClFO2. The number of benzene rings is 2. The Morgan fingerprint density at radius 3 is 2.38 bits per heavy atom. The van der Waals surface area contributed by atoms with E-state index in [2.05, 4.69) is 0 Å². The van der Waals surface area contributed by atoms with E-state index in [4.69, 9.17) is 16.3 Å². The summed E-state index contributed by atoms with van der Waals surface area (Å²) in [6, 6.07) is 12.0. The zero-order chi connectivity index (χ0) is 15.5. The van der Waals surface area contributed by atoms with E-state index in [0.29, 0.717) is 17.0 Å².